The molecule has 1 aromatic rings. The molecule has 2 atom stereocenters. The van der Waals surface area contributed by atoms with Crippen molar-refractivity contribution in [2.75, 3.05) is 5.32 Å². The maximum atomic E-state index is 9.60. The average molecular weight is 207 g/mol. The van der Waals surface area contributed by atoms with Crippen LogP contribution in [0.3, 0.4) is 0 Å². The molecule has 1 saturated carbocycles. The molecule has 1 fully saturated rings. The van der Waals surface area contributed by atoms with Gasteiger partial charge in [-0.1, -0.05) is 13.8 Å². The van der Waals surface area contributed by atoms with E-state index in [1.54, 1.807) is 6.20 Å². The molecule has 15 heavy (non-hydrogen) atoms. The molecule has 82 valence electrons. The molecule has 0 aromatic carbocycles. The van der Waals surface area contributed by atoms with Crippen molar-refractivity contribution in [1.29, 1.82) is 0 Å². The minimum Gasteiger partial charge on any atom is -0.392 e. The summed E-state index contributed by atoms with van der Waals surface area (Å²) in [6.45, 7) is 6.10. The molecule has 1 heterocycles. The summed E-state index contributed by atoms with van der Waals surface area (Å²) in [6, 6.07) is 2.25. The second-order valence-corrected chi connectivity index (χ2v) is 4.89. The molecule has 0 radical (unpaired) electrons. The average Bonchev–Trinajstić information content (AvgIpc) is 2.17. The van der Waals surface area contributed by atoms with Gasteiger partial charge in [0, 0.05) is 11.5 Å². The highest BCUT2D eigenvalue weighted by atomic mass is 16.3. The third kappa shape index (κ3) is 1.81. The highest BCUT2D eigenvalue weighted by Gasteiger charge is 2.47. The van der Waals surface area contributed by atoms with E-state index in [2.05, 4.69) is 29.4 Å². The van der Waals surface area contributed by atoms with Crippen molar-refractivity contribution in [3.05, 3.63) is 17.8 Å². The Kier molecular flexibility index (Phi) is 2.38. The second kappa shape index (κ2) is 3.45. The van der Waals surface area contributed by atoms with Crippen molar-refractivity contribution in [3.63, 3.8) is 0 Å². The molecule has 4 nitrogen and oxygen atoms in total. The van der Waals surface area contributed by atoms with Gasteiger partial charge in [0.2, 0.25) is 0 Å². The molecule has 2 rings (SSSR count). The van der Waals surface area contributed by atoms with Crippen LogP contribution >= 0.6 is 0 Å². The number of anilines is 1. The van der Waals surface area contributed by atoms with Gasteiger partial charge in [0.1, 0.15) is 5.82 Å². The van der Waals surface area contributed by atoms with Crippen molar-refractivity contribution < 1.29 is 5.11 Å². The summed E-state index contributed by atoms with van der Waals surface area (Å²) in [7, 11) is 0. The Morgan fingerprint density at radius 1 is 1.53 bits per heavy atom. The summed E-state index contributed by atoms with van der Waals surface area (Å²) in [5.41, 5.74) is 1.01. The predicted octanol–water partition coefficient (Wildman–Crippen LogP) is 1.36. The van der Waals surface area contributed by atoms with Crippen molar-refractivity contribution >= 4 is 5.82 Å². The van der Waals surface area contributed by atoms with Crippen LogP contribution in [0.5, 0.6) is 0 Å². The number of nitrogens with one attached hydrogen (secondary N) is 1. The summed E-state index contributed by atoms with van der Waals surface area (Å²) >= 11 is 0. The topological polar surface area (TPSA) is 58.0 Å². The number of aromatic nitrogens is 2. The molecule has 4 heteroatoms. The van der Waals surface area contributed by atoms with E-state index >= 15 is 0 Å². The SMILES string of the molecule is Cc1cnnc(NC2CC(O)C2(C)C)c1. The van der Waals surface area contributed by atoms with E-state index in [1.807, 2.05) is 13.0 Å². The van der Waals surface area contributed by atoms with Crippen LogP contribution in [0.25, 0.3) is 0 Å². The van der Waals surface area contributed by atoms with E-state index in [4.69, 9.17) is 0 Å². The Morgan fingerprint density at radius 3 is 2.80 bits per heavy atom. The van der Waals surface area contributed by atoms with Crippen LogP contribution in [0.2, 0.25) is 0 Å². The normalized spacial score (nSPS) is 28.3. The molecule has 1 aromatic heterocycles. The third-order valence-corrected chi connectivity index (χ3v) is 3.33. The Labute approximate surface area is 89.7 Å². The summed E-state index contributed by atoms with van der Waals surface area (Å²) in [4.78, 5) is 0. The van der Waals surface area contributed by atoms with E-state index in [9.17, 15) is 5.11 Å². The summed E-state index contributed by atoms with van der Waals surface area (Å²) < 4.78 is 0. The van der Waals surface area contributed by atoms with Crippen LogP contribution in [-0.2, 0) is 0 Å². The largest absolute Gasteiger partial charge is 0.392 e. The lowest BCUT2D eigenvalue weighted by Crippen LogP contribution is -2.57. The van der Waals surface area contributed by atoms with E-state index in [0.717, 1.165) is 17.8 Å². The van der Waals surface area contributed by atoms with Crippen LogP contribution in [0.4, 0.5) is 5.82 Å². The van der Waals surface area contributed by atoms with Crippen LogP contribution in [0.15, 0.2) is 12.3 Å². The first kappa shape index (κ1) is 10.4. The number of hydrogen-bond donors (Lipinski definition) is 2. The maximum Gasteiger partial charge on any atom is 0.149 e. The summed E-state index contributed by atoms with van der Waals surface area (Å²) in [6.07, 6.45) is 2.29. The van der Waals surface area contributed by atoms with E-state index in [1.165, 1.54) is 0 Å². The van der Waals surface area contributed by atoms with Crippen LogP contribution in [0.1, 0.15) is 25.8 Å². The minimum atomic E-state index is -0.215. The molecule has 0 saturated heterocycles. The van der Waals surface area contributed by atoms with E-state index in [0.29, 0.717) is 0 Å². The quantitative estimate of drug-likeness (QED) is 0.768. The van der Waals surface area contributed by atoms with Crippen LogP contribution in [0, 0.1) is 12.3 Å². The van der Waals surface area contributed by atoms with Crippen LogP contribution in [-0.4, -0.2) is 27.4 Å². The van der Waals surface area contributed by atoms with E-state index < -0.39 is 0 Å². The number of rotatable bonds is 2. The van der Waals surface area contributed by atoms with Crippen molar-refractivity contribution in [1.82, 2.24) is 10.2 Å². The van der Waals surface area contributed by atoms with Crippen molar-refractivity contribution in [2.24, 2.45) is 5.41 Å². The predicted molar refractivity (Wildman–Crippen MR) is 58.6 cm³/mol. The molecule has 0 bridgehead atoms. The Hall–Kier alpha value is -1.16. The lowest BCUT2D eigenvalue weighted by atomic mass is 9.64. The van der Waals surface area contributed by atoms with Gasteiger partial charge in [-0.25, -0.2) is 0 Å². The van der Waals surface area contributed by atoms with Gasteiger partial charge in [-0.2, -0.15) is 5.10 Å². The molecule has 0 aliphatic heterocycles. The second-order valence-electron chi connectivity index (χ2n) is 4.89. The molecule has 2 unspecified atom stereocenters. The monoisotopic (exact) mass is 207 g/mol. The number of aliphatic hydroxyl groups excluding tert-OH is 1. The first-order valence-electron chi connectivity index (χ1n) is 5.24. The Bertz CT molecular complexity index is 365. The standard InChI is InChI=1S/C11H17N3O/c1-7-4-10(14-12-6-7)13-8-5-9(15)11(8,2)3/h4,6,8-9,15H,5H2,1-3H3,(H,13,14). The lowest BCUT2D eigenvalue weighted by molar-refractivity contribution is -0.0511. The van der Waals surface area contributed by atoms with Gasteiger partial charge in [0.25, 0.3) is 0 Å². The highest BCUT2D eigenvalue weighted by Crippen LogP contribution is 2.41. The minimum absolute atomic E-state index is 0.0780. The fourth-order valence-corrected chi connectivity index (χ4v) is 1.86. The van der Waals surface area contributed by atoms with Crippen molar-refractivity contribution in [2.45, 2.75) is 39.3 Å². The van der Waals surface area contributed by atoms with Gasteiger partial charge in [-0.05, 0) is 25.0 Å². The number of nitrogens with zero attached hydrogens (tertiary/aromatic N) is 2. The molecule has 0 amide bonds. The zero-order valence-corrected chi connectivity index (χ0v) is 9.36. The van der Waals surface area contributed by atoms with Gasteiger partial charge >= 0.3 is 0 Å². The molecule has 1 aliphatic rings. The van der Waals surface area contributed by atoms with Crippen LogP contribution < -0.4 is 5.32 Å². The Morgan fingerprint density at radius 2 is 2.27 bits per heavy atom. The summed E-state index contributed by atoms with van der Waals surface area (Å²) in [5.74, 6) is 0.792. The molecule has 0 spiro atoms. The molecular formula is C11H17N3O. The first-order chi connectivity index (χ1) is 7.00. The zero-order valence-electron chi connectivity index (χ0n) is 9.36. The number of aryl methyl sites for hydroxylation is 1. The zero-order chi connectivity index (χ0) is 11.1. The fourth-order valence-electron chi connectivity index (χ4n) is 1.86. The van der Waals surface area contributed by atoms with Gasteiger partial charge in [-0.15, -0.1) is 5.10 Å². The molecular weight excluding hydrogens is 190 g/mol. The third-order valence-electron chi connectivity index (χ3n) is 3.33. The van der Waals surface area contributed by atoms with Gasteiger partial charge < -0.3 is 10.4 Å². The summed E-state index contributed by atoms with van der Waals surface area (Å²) in [5, 5.41) is 20.8. The fraction of sp³-hybridized carbons (Fsp3) is 0.636. The van der Waals surface area contributed by atoms with Gasteiger partial charge in [0.05, 0.1) is 12.3 Å². The smallest absolute Gasteiger partial charge is 0.149 e. The number of aliphatic hydroxyl groups is 1. The highest BCUT2D eigenvalue weighted by molar-refractivity contribution is 5.38. The molecule has 1 aliphatic carbocycles. The molecule has 2 N–H and O–H groups in total. The van der Waals surface area contributed by atoms with E-state index in [-0.39, 0.29) is 17.6 Å². The maximum absolute atomic E-state index is 9.60. The van der Waals surface area contributed by atoms with Gasteiger partial charge in [0.15, 0.2) is 0 Å². The lowest BCUT2D eigenvalue weighted by Gasteiger charge is -2.49. The number of hydrogen-bond acceptors (Lipinski definition) is 4. The van der Waals surface area contributed by atoms with Gasteiger partial charge in [-0.3, -0.25) is 0 Å². The van der Waals surface area contributed by atoms with Crippen molar-refractivity contribution in [3.8, 4) is 0 Å². The Balaban J connectivity index is 2.05. The first-order valence-corrected chi connectivity index (χ1v) is 5.24.